The van der Waals surface area contributed by atoms with E-state index in [4.69, 9.17) is 4.74 Å². The smallest absolute Gasteiger partial charge is 0.421 e. The van der Waals surface area contributed by atoms with Crippen molar-refractivity contribution in [1.29, 1.82) is 0 Å². The number of alkyl halides is 3. The summed E-state index contributed by atoms with van der Waals surface area (Å²) in [5, 5.41) is 9.91. The SMILES string of the molecule is CCOC(=O)C[C@@H]1CN(Cc2ccncc2)CCN1Cc1ccc(-c2ccc(C(C)(O)C(F)(F)F)cc2)cc1. The normalized spacial score (nSPS) is 18.5. The molecular formula is C30H34F3N3O3. The van der Waals surface area contributed by atoms with Gasteiger partial charge in [-0.15, -0.1) is 0 Å². The molecule has 0 bridgehead atoms. The second-order valence-corrected chi connectivity index (χ2v) is 10.1. The van der Waals surface area contributed by atoms with Gasteiger partial charge in [0.2, 0.25) is 0 Å². The molecule has 3 aromatic rings. The maximum Gasteiger partial charge on any atom is 0.421 e. The van der Waals surface area contributed by atoms with Crippen LogP contribution in [0.4, 0.5) is 13.2 Å². The van der Waals surface area contributed by atoms with Gasteiger partial charge in [-0.05, 0) is 53.8 Å². The number of ether oxygens (including phenoxy) is 1. The summed E-state index contributed by atoms with van der Waals surface area (Å²) in [5.41, 5.74) is 0.768. The first kappa shape index (κ1) is 28.7. The van der Waals surface area contributed by atoms with Gasteiger partial charge in [-0.25, -0.2) is 0 Å². The van der Waals surface area contributed by atoms with Crippen LogP contribution in [0.15, 0.2) is 73.1 Å². The molecule has 9 heteroatoms. The zero-order valence-electron chi connectivity index (χ0n) is 22.2. The zero-order chi connectivity index (χ0) is 28.0. The van der Waals surface area contributed by atoms with Crippen LogP contribution in [0, 0.1) is 0 Å². The molecule has 2 aromatic carbocycles. The maximum absolute atomic E-state index is 13.2. The van der Waals surface area contributed by atoms with Crippen LogP contribution in [0.5, 0.6) is 0 Å². The number of hydrogen-bond acceptors (Lipinski definition) is 6. The Balaban J connectivity index is 1.43. The third-order valence-corrected chi connectivity index (χ3v) is 7.22. The minimum absolute atomic E-state index is 0.00767. The molecule has 1 aliphatic heterocycles. The van der Waals surface area contributed by atoms with Gasteiger partial charge in [0, 0.05) is 51.2 Å². The molecule has 39 heavy (non-hydrogen) atoms. The molecule has 1 aromatic heterocycles. The number of esters is 1. The van der Waals surface area contributed by atoms with Crippen molar-refractivity contribution in [2.75, 3.05) is 26.2 Å². The minimum Gasteiger partial charge on any atom is -0.466 e. The Hall–Kier alpha value is -3.27. The van der Waals surface area contributed by atoms with Gasteiger partial charge in [0.25, 0.3) is 0 Å². The van der Waals surface area contributed by atoms with Crippen LogP contribution in [0.3, 0.4) is 0 Å². The summed E-state index contributed by atoms with van der Waals surface area (Å²) in [5.74, 6) is -0.207. The molecule has 2 heterocycles. The van der Waals surface area contributed by atoms with Crippen molar-refractivity contribution in [1.82, 2.24) is 14.8 Å². The molecule has 6 nitrogen and oxygen atoms in total. The van der Waals surface area contributed by atoms with Gasteiger partial charge in [-0.1, -0.05) is 48.5 Å². The molecule has 0 aliphatic carbocycles. The number of aromatic nitrogens is 1. The molecule has 1 saturated heterocycles. The molecule has 0 saturated carbocycles. The first-order valence-electron chi connectivity index (χ1n) is 13.1. The van der Waals surface area contributed by atoms with Crippen LogP contribution in [0.1, 0.15) is 37.0 Å². The van der Waals surface area contributed by atoms with Crippen molar-refractivity contribution in [2.24, 2.45) is 0 Å². The monoisotopic (exact) mass is 541 g/mol. The van der Waals surface area contributed by atoms with Gasteiger partial charge in [-0.3, -0.25) is 19.6 Å². The fraction of sp³-hybridized carbons (Fsp3) is 0.400. The average Bonchev–Trinajstić information content (AvgIpc) is 2.91. The summed E-state index contributed by atoms with van der Waals surface area (Å²) in [7, 11) is 0. The molecule has 0 radical (unpaired) electrons. The van der Waals surface area contributed by atoms with Gasteiger partial charge in [0.05, 0.1) is 13.0 Å². The van der Waals surface area contributed by atoms with E-state index in [-0.39, 0.29) is 17.6 Å². The highest BCUT2D eigenvalue weighted by atomic mass is 19.4. The van der Waals surface area contributed by atoms with Gasteiger partial charge >= 0.3 is 12.1 Å². The summed E-state index contributed by atoms with van der Waals surface area (Å²) in [6, 6.07) is 17.7. The quantitative estimate of drug-likeness (QED) is 0.378. The van der Waals surface area contributed by atoms with E-state index < -0.39 is 11.8 Å². The van der Waals surface area contributed by atoms with Crippen molar-refractivity contribution in [3.8, 4) is 11.1 Å². The maximum atomic E-state index is 13.2. The van der Waals surface area contributed by atoms with E-state index in [0.717, 1.165) is 49.8 Å². The lowest BCUT2D eigenvalue weighted by Crippen LogP contribution is -2.53. The lowest BCUT2D eigenvalue weighted by atomic mass is 9.93. The first-order chi connectivity index (χ1) is 18.6. The van der Waals surface area contributed by atoms with E-state index >= 15 is 0 Å². The zero-order valence-corrected chi connectivity index (χ0v) is 22.2. The van der Waals surface area contributed by atoms with E-state index in [9.17, 15) is 23.1 Å². The fourth-order valence-electron chi connectivity index (χ4n) is 4.85. The van der Waals surface area contributed by atoms with Crippen molar-refractivity contribution >= 4 is 5.97 Å². The number of piperazine rings is 1. The Morgan fingerprint density at radius 1 is 0.949 bits per heavy atom. The number of halogens is 3. The average molecular weight is 542 g/mol. The predicted octanol–water partition coefficient (Wildman–Crippen LogP) is 5.16. The molecule has 1 unspecified atom stereocenters. The Morgan fingerprint density at radius 3 is 2.13 bits per heavy atom. The van der Waals surface area contributed by atoms with Gasteiger partial charge in [0.1, 0.15) is 0 Å². The van der Waals surface area contributed by atoms with E-state index in [1.165, 1.54) is 17.7 Å². The highest BCUT2D eigenvalue weighted by Gasteiger charge is 2.51. The van der Waals surface area contributed by atoms with E-state index in [2.05, 4.69) is 14.8 Å². The van der Waals surface area contributed by atoms with Crippen LogP contribution in [0.2, 0.25) is 0 Å². The molecule has 0 spiro atoms. The Morgan fingerprint density at radius 2 is 1.54 bits per heavy atom. The number of hydrogen-bond donors (Lipinski definition) is 1. The number of benzene rings is 2. The van der Waals surface area contributed by atoms with Crippen molar-refractivity contribution < 1.29 is 27.8 Å². The van der Waals surface area contributed by atoms with Crippen LogP contribution >= 0.6 is 0 Å². The Bertz CT molecular complexity index is 1220. The number of nitrogens with zero attached hydrogens (tertiary/aromatic N) is 3. The number of pyridine rings is 1. The summed E-state index contributed by atoms with van der Waals surface area (Å²) in [6.07, 6.45) is -0.879. The molecule has 0 amide bonds. The fourth-order valence-corrected chi connectivity index (χ4v) is 4.85. The lowest BCUT2D eigenvalue weighted by Gasteiger charge is -2.41. The highest BCUT2D eigenvalue weighted by Crippen LogP contribution is 2.39. The predicted molar refractivity (Wildman–Crippen MR) is 142 cm³/mol. The summed E-state index contributed by atoms with van der Waals surface area (Å²) < 4.78 is 44.7. The number of aliphatic hydroxyl groups is 1. The van der Waals surface area contributed by atoms with Crippen LogP contribution in [-0.2, 0) is 28.2 Å². The number of rotatable bonds is 9. The topological polar surface area (TPSA) is 65.9 Å². The molecule has 1 N–H and O–H groups in total. The largest absolute Gasteiger partial charge is 0.466 e. The molecule has 1 fully saturated rings. The summed E-state index contributed by atoms with van der Waals surface area (Å²) in [4.78, 5) is 21.1. The van der Waals surface area contributed by atoms with Crippen molar-refractivity contribution in [3.63, 3.8) is 0 Å². The third-order valence-electron chi connectivity index (χ3n) is 7.22. The molecule has 208 valence electrons. The lowest BCUT2D eigenvalue weighted by molar-refractivity contribution is -0.258. The van der Waals surface area contributed by atoms with Gasteiger partial charge in [-0.2, -0.15) is 13.2 Å². The molecule has 4 rings (SSSR count). The number of carbonyl (C=O) groups is 1. The Labute approximate surface area is 227 Å². The summed E-state index contributed by atoms with van der Waals surface area (Å²) >= 11 is 0. The third kappa shape index (κ3) is 7.23. The highest BCUT2D eigenvalue weighted by molar-refractivity contribution is 5.70. The molecule has 2 atom stereocenters. The van der Waals surface area contributed by atoms with Gasteiger partial charge < -0.3 is 9.84 Å². The standard InChI is InChI=1S/C30H34F3N3O3/c1-3-39-28(37)18-27-21-35(19-23-12-14-34-15-13-23)16-17-36(27)20-22-4-6-24(7-5-22)25-8-10-26(11-9-25)29(2,38)30(31,32)33/h4-15,27,38H,3,16-21H2,1-2H3/t27-,29?/m1/s1. The Kier molecular flexibility index (Phi) is 9.04. The minimum atomic E-state index is -4.76. The van der Waals surface area contributed by atoms with E-state index in [1.54, 1.807) is 31.5 Å². The van der Waals surface area contributed by atoms with Crippen LogP contribution in [0.25, 0.3) is 11.1 Å². The van der Waals surface area contributed by atoms with Crippen molar-refractivity contribution in [3.05, 3.63) is 89.7 Å². The van der Waals surface area contributed by atoms with E-state index in [0.29, 0.717) is 19.6 Å². The first-order valence-corrected chi connectivity index (χ1v) is 13.1. The van der Waals surface area contributed by atoms with Gasteiger partial charge in [0.15, 0.2) is 5.60 Å². The second kappa shape index (κ2) is 12.3. The molecule has 1 aliphatic rings. The van der Waals surface area contributed by atoms with Crippen LogP contribution in [-0.4, -0.2) is 64.3 Å². The second-order valence-electron chi connectivity index (χ2n) is 10.1. The molecular weight excluding hydrogens is 507 g/mol. The van der Waals surface area contributed by atoms with Crippen LogP contribution < -0.4 is 0 Å². The van der Waals surface area contributed by atoms with Crippen molar-refractivity contribution in [2.45, 2.75) is 51.2 Å². The number of carbonyl (C=O) groups excluding carboxylic acids is 1. The van der Waals surface area contributed by atoms with E-state index in [1.807, 2.05) is 36.4 Å². The summed E-state index contributed by atoms with van der Waals surface area (Å²) in [6.45, 7) is 6.79.